The van der Waals surface area contributed by atoms with E-state index in [1.165, 1.54) is 42.5 Å². The van der Waals surface area contributed by atoms with Gasteiger partial charge in [0.2, 0.25) is 0 Å². The van der Waals surface area contributed by atoms with Gasteiger partial charge < -0.3 is 34.7 Å². The number of halogens is 2. The first kappa shape index (κ1) is 28.2. The van der Waals surface area contributed by atoms with Crippen molar-refractivity contribution in [2.24, 2.45) is 0 Å². The minimum absolute atomic E-state index is 0.0888. The predicted molar refractivity (Wildman–Crippen MR) is 133 cm³/mol. The standard InChI is InChI=1S/C22H21Cl2NO9P2/c23-19-10-5-16(11-20(19)24)21(27)25-13-15-3-1-14(2-4-15)12-22(35(28,29)30,36(31,32)33)34-18-8-6-17(26)7-9-18/h1-11,26H,12-13H2,(H,25,27)(H2,28,29,30)(H2,31,32,33). The molecule has 0 saturated carbocycles. The average Bonchev–Trinajstić information content (AvgIpc) is 2.79. The molecule has 0 radical (unpaired) electrons. The van der Waals surface area contributed by atoms with Gasteiger partial charge in [-0.3, -0.25) is 13.9 Å². The van der Waals surface area contributed by atoms with E-state index in [2.05, 4.69) is 5.32 Å². The van der Waals surface area contributed by atoms with Crippen molar-refractivity contribution in [1.29, 1.82) is 0 Å². The van der Waals surface area contributed by atoms with E-state index in [1.54, 1.807) is 0 Å². The van der Waals surface area contributed by atoms with Gasteiger partial charge in [0.15, 0.2) is 0 Å². The number of aromatic hydroxyl groups is 1. The number of carbonyl (C=O) groups excluding carboxylic acids is 1. The molecule has 36 heavy (non-hydrogen) atoms. The van der Waals surface area contributed by atoms with Crippen LogP contribution in [0.1, 0.15) is 21.5 Å². The van der Waals surface area contributed by atoms with Crippen LogP contribution in [-0.2, 0) is 22.1 Å². The molecule has 14 heteroatoms. The Kier molecular flexibility index (Phi) is 8.55. The molecule has 6 N–H and O–H groups in total. The van der Waals surface area contributed by atoms with Crippen molar-refractivity contribution in [1.82, 2.24) is 5.32 Å². The monoisotopic (exact) mass is 575 g/mol. The zero-order chi connectivity index (χ0) is 26.7. The quantitative estimate of drug-likeness (QED) is 0.204. The van der Waals surface area contributed by atoms with Crippen LogP contribution in [0.5, 0.6) is 11.5 Å². The second kappa shape index (κ2) is 10.9. The molecule has 0 fully saturated rings. The van der Waals surface area contributed by atoms with E-state index in [0.29, 0.717) is 16.1 Å². The molecule has 0 saturated heterocycles. The normalized spacial score (nSPS) is 12.3. The lowest BCUT2D eigenvalue weighted by molar-refractivity contribution is 0.0950. The maximum absolute atomic E-state index is 12.4. The van der Waals surface area contributed by atoms with E-state index in [-0.39, 0.29) is 28.6 Å². The molecule has 0 unspecified atom stereocenters. The molecule has 3 rings (SSSR count). The van der Waals surface area contributed by atoms with Gasteiger partial charge in [0.1, 0.15) is 11.5 Å². The lowest BCUT2D eigenvalue weighted by Crippen LogP contribution is -2.38. The van der Waals surface area contributed by atoms with Crippen molar-refractivity contribution in [3.05, 3.63) is 93.5 Å². The molecule has 192 valence electrons. The average molecular weight is 576 g/mol. The molecule has 0 aliphatic rings. The molecule has 0 bridgehead atoms. The zero-order valence-corrected chi connectivity index (χ0v) is 21.6. The number of hydrogen-bond donors (Lipinski definition) is 6. The number of phenols is 1. The lowest BCUT2D eigenvalue weighted by Gasteiger charge is -2.35. The first-order valence-electron chi connectivity index (χ1n) is 10.1. The molecular formula is C22H21Cl2NO9P2. The van der Waals surface area contributed by atoms with Crippen LogP contribution in [-0.4, -0.2) is 35.7 Å². The number of hydrogen-bond acceptors (Lipinski definition) is 5. The van der Waals surface area contributed by atoms with Crippen LogP contribution in [0.25, 0.3) is 0 Å². The SMILES string of the molecule is O=C(NCc1ccc(CC(Oc2ccc(O)cc2)(P(=O)(O)O)P(=O)(O)O)cc1)c1ccc(Cl)c(Cl)c1. The van der Waals surface area contributed by atoms with E-state index in [1.807, 2.05) is 0 Å². The number of carbonyl (C=O) groups is 1. The molecule has 0 aromatic heterocycles. The molecule has 0 aliphatic heterocycles. The highest BCUT2D eigenvalue weighted by atomic mass is 35.5. The van der Waals surface area contributed by atoms with Crippen LogP contribution in [0, 0.1) is 0 Å². The molecular weight excluding hydrogens is 555 g/mol. The van der Waals surface area contributed by atoms with Crippen molar-refractivity contribution >= 4 is 44.3 Å². The summed E-state index contributed by atoms with van der Waals surface area (Å²) in [6, 6.07) is 14.8. The molecule has 0 aliphatic carbocycles. The second-order valence-electron chi connectivity index (χ2n) is 7.73. The Bertz CT molecular complexity index is 1320. The number of rotatable bonds is 9. The summed E-state index contributed by atoms with van der Waals surface area (Å²) in [5.41, 5.74) is 1.05. The van der Waals surface area contributed by atoms with Gasteiger partial charge in [0.25, 0.3) is 5.91 Å². The molecule has 1 amide bonds. The van der Waals surface area contributed by atoms with Crippen molar-refractivity contribution in [3.8, 4) is 11.5 Å². The summed E-state index contributed by atoms with van der Waals surface area (Å²) in [6.07, 6.45) is -0.835. The van der Waals surface area contributed by atoms with Crippen LogP contribution in [0.15, 0.2) is 66.7 Å². The summed E-state index contributed by atoms with van der Waals surface area (Å²) in [5.74, 6) is -0.856. The van der Waals surface area contributed by atoms with E-state index in [0.717, 1.165) is 24.3 Å². The molecule has 3 aromatic rings. The third kappa shape index (κ3) is 6.48. The third-order valence-corrected chi connectivity index (χ3v) is 9.74. The van der Waals surface area contributed by atoms with E-state index in [9.17, 15) is 38.6 Å². The van der Waals surface area contributed by atoms with Gasteiger partial charge in [-0.2, -0.15) is 0 Å². The van der Waals surface area contributed by atoms with Crippen LogP contribution >= 0.6 is 38.4 Å². The van der Waals surface area contributed by atoms with Gasteiger partial charge in [-0.05, 0) is 53.6 Å². The Labute approximate surface area is 215 Å². The van der Waals surface area contributed by atoms with E-state index < -0.39 is 32.6 Å². The van der Waals surface area contributed by atoms with Crippen LogP contribution in [0.3, 0.4) is 0 Å². The zero-order valence-electron chi connectivity index (χ0n) is 18.3. The third-order valence-electron chi connectivity index (χ3n) is 5.12. The smallest absolute Gasteiger partial charge is 0.381 e. The summed E-state index contributed by atoms with van der Waals surface area (Å²) < 4.78 is 30.0. The largest absolute Gasteiger partial charge is 0.508 e. The Morgan fingerprint density at radius 2 is 1.39 bits per heavy atom. The minimum Gasteiger partial charge on any atom is -0.508 e. The number of benzene rings is 3. The highest BCUT2D eigenvalue weighted by molar-refractivity contribution is 7.72. The number of ether oxygens (including phenoxy) is 1. The maximum Gasteiger partial charge on any atom is 0.381 e. The van der Waals surface area contributed by atoms with Crippen LogP contribution in [0.2, 0.25) is 10.0 Å². The first-order chi connectivity index (χ1) is 16.7. The molecule has 0 atom stereocenters. The van der Waals surface area contributed by atoms with Gasteiger partial charge in [-0.1, -0.05) is 47.5 Å². The van der Waals surface area contributed by atoms with Gasteiger partial charge >= 0.3 is 20.3 Å². The first-order valence-corrected chi connectivity index (χ1v) is 14.1. The van der Waals surface area contributed by atoms with Crippen molar-refractivity contribution < 1.29 is 43.3 Å². The molecule has 3 aromatic carbocycles. The fraction of sp³-hybridized carbons (Fsp3) is 0.136. The maximum atomic E-state index is 12.4. The summed E-state index contributed by atoms with van der Waals surface area (Å²) in [5, 5.41) is 9.40. The summed E-state index contributed by atoms with van der Waals surface area (Å²) in [7, 11) is -11.2. The fourth-order valence-corrected chi connectivity index (χ4v) is 6.08. The Morgan fingerprint density at radius 1 is 0.833 bits per heavy atom. The Hall–Kier alpha value is -2.39. The van der Waals surface area contributed by atoms with Gasteiger partial charge in [-0.25, -0.2) is 0 Å². The number of nitrogens with one attached hydrogen (secondary N) is 1. The van der Waals surface area contributed by atoms with E-state index in [4.69, 9.17) is 27.9 Å². The minimum atomic E-state index is -5.58. The number of amides is 1. The molecule has 0 heterocycles. The Morgan fingerprint density at radius 3 is 1.92 bits per heavy atom. The van der Waals surface area contributed by atoms with E-state index >= 15 is 0 Å². The van der Waals surface area contributed by atoms with Gasteiger partial charge in [0.05, 0.1) is 10.0 Å². The molecule has 0 spiro atoms. The predicted octanol–water partition coefficient (Wildman–Crippen LogP) is 4.26. The highest BCUT2D eigenvalue weighted by Gasteiger charge is 2.63. The lowest BCUT2D eigenvalue weighted by atomic mass is 10.1. The van der Waals surface area contributed by atoms with Crippen molar-refractivity contribution in [2.45, 2.75) is 18.0 Å². The van der Waals surface area contributed by atoms with Crippen molar-refractivity contribution in [3.63, 3.8) is 0 Å². The summed E-state index contributed by atoms with van der Waals surface area (Å²) in [4.78, 5) is 52.2. The highest BCUT2D eigenvalue weighted by Crippen LogP contribution is 2.70. The van der Waals surface area contributed by atoms with Gasteiger partial charge in [-0.15, -0.1) is 0 Å². The number of phenolic OH excluding ortho intramolecular Hbond substituents is 1. The van der Waals surface area contributed by atoms with Crippen molar-refractivity contribution in [2.75, 3.05) is 0 Å². The molecule has 10 nitrogen and oxygen atoms in total. The van der Waals surface area contributed by atoms with Crippen LogP contribution < -0.4 is 10.1 Å². The van der Waals surface area contributed by atoms with Gasteiger partial charge in [0, 0.05) is 18.5 Å². The summed E-state index contributed by atoms with van der Waals surface area (Å²) >= 11 is 11.8. The topological polar surface area (TPSA) is 174 Å². The Balaban J connectivity index is 1.80. The summed E-state index contributed by atoms with van der Waals surface area (Å²) in [6.45, 7) is 0.0888. The van der Waals surface area contributed by atoms with Crippen LogP contribution in [0.4, 0.5) is 0 Å². The fourth-order valence-electron chi connectivity index (χ4n) is 3.20. The second-order valence-corrected chi connectivity index (χ2v) is 12.5.